The van der Waals surface area contributed by atoms with Crippen molar-refractivity contribution in [3.63, 3.8) is 0 Å². The summed E-state index contributed by atoms with van der Waals surface area (Å²) in [5, 5.41) is 4.12. The van der Waals surface area contributed by atoms with E-state index >= 15 is 0 Å². The van der Waals surface area contributed by atoms with E-state index in [9.17, 15) is 4.79 Å². The molecular formula is C13H13BrN2O2. The van der Waals surface area contributed by atoms with Gasteiger partial charge in [0, 0.05) is 5.69 Å². The van der Waals surface area contributed by atoms with Crippen LogP contribution in [0.5, 0.6) is 5.75 Å². The molecule has 0 fully saturated rings. The molecule has 5 heteroatoms. The monoisotopic (exact) mass is 308 g/mol. The molecule has 0 bridgehead atoms. The van der Waals surface area contributed by atoms with Crippen LogP contribution in [0.1, 0.15) is 16.2 Å². The van der Waals surface area contributed by atoms with Crippen molar-refractivity contribution in [2.45, 2.75) is 13.8 Å². The molecular weight excluding hydrogens is 296 g/mol. The second-order valence-corrected chi connectivity index (χ2v) is 4.81. The number of hydrogen-bond acceptors (Lipinski definition) is 3. The molecule has 18 heavy (non-hydrogen) atoms. The van der Waals surface area contributed by atoms with E-state index < -0.39 is 0 Å². The zero-order chi connectivity index (χ0) is 13.1. The first-order valence-corrected chi connectivity index (χ1v) is 6.31. The maximum Gasteiger partial charge on any atom is 0.284 e. The van der Waals surface area contributed by atoms with Crippen molar-refractivity contribution < 1.29 is 9.53 Å². The third-order valence-electron chi connectivity index (χ3n) is 2.43. The van der Waals surface area contributed by atoms with Gasteiger partial charge in [0.1, 0.15) is 5.75 Å². The van der Waals surface area contributed by atoms with Gasteiger partial charge in [-0.15, -0.1) is 0 Å². The Balaban J connectivity index is 2.05. The van der Waals surface area contributed by atoms with E-state index in [4.69, 9.17) is 4.74 Å². The van der Waals surface area contributed by atoms with Crippen LogP contribution in [0.15, 0.2) is 34.8 Å². The van der Waals surface area contributed by atoms with Crippen LogP contribution in [-0.2, 0) is 0 Å². The van der Waals surface area contributed by atoms with E-state index in [1.165, 1.54) is 4.68 Å². The van der Waals surface area contributed by atoms with Crippen LogP contribution in [0.25, 0.3) is 0 Å². The van der Waals surface area contributed by atoms with Gasteiger partial charge in [-0.1, -0.05) is 12.1 Å². The molecule has 0 saturated carbocycles. The van der Waals surface area contributed by atoms with Crippen LogP contribution < -0.4 is 4.74 Å². The highest BCUT2D eigenvalue weighted by Crippen LogP contribution is 2.23. The third kappa shape index (κ3) is 2.79. The third-order valence-corrected chi connectivity index (χ3v) is 3.09. The van der Waals surface area contributed by atoms with Gasteiger partial charge in [-0.3, -0.25) is 4.79 Å². The minimum Gasteiger partial charge on any atom is -0.483 e. The summed E-state index contributed by atoms with van der Waals surface area (Å²) in [7, 11) is 0. The number of para-hydroxylation sites is 1. The molecule has 0 N–H and O–H groups in total. The van der Waals surface area contributed by atoms with Crippen molar-refractivity contribution in [3.05, 3.63) is 46.2 Å². The smallest absolute Gasteiger partial charge is 0.284 e. The van der Waals surface area contributed by atoms with Crippen molar-refractivity contribution >= 4 is 21.8 Å². The van der Waals surface area contributed by atoms with Gasteiger partial charge in [0.2, 0.25) is 0 Å². The molecule has 4 nitrogen and oxygen atoms in total. The number of ether oxygens (including phenoxy) is 1. The van der Waals surface area contributed by atoms with Crippen LogP contribution in [0.4, 0.5) is 0 Å². The van der Waals surface area contributed by atoms with Gasteiger partial charge >= 0.3 is 0 Å². The molecule has 0 amide bonds. The van der Waals surface area contributed by atoms with Gasteiger partial charge in [0.05, 0.1) is 10.2 Å². The summed E-state index contributed by atoms with van der Waals surface area (Å²) in [6, 6.07) is 9.27. The predicted octanol–water partition coefficient (Wildman–Crippen LogP) is 2.98. The lowest BCUT2D eigenvalue weighted by atomic mass is 10.3. The normalized spacial score (nSPS) is 10.4. The topological polar surface area (TPSA) is 44.1 Å². The number of nitrogens with zero attached hydrogens (tertiary/aromatic N) is 2. The Bertz CT molecular complexity index is 578. The van der Waals surface area contributed by atoms with E-state index in [0.717, 1.165) is 15.9 Å². The molecule has 2 rings (SSSR count). The van der Waals surface area contributed by atoms with Crippen LogP contribution in [0, 0.1) is 13.8 Å². The molecule has 0 aliphatic carbocycles. The standard InChI is InChI=1S/C13H13BrN2O2/c1-9-7-10(2)16(15-9)13(17)8-18-12-6-4-3-5-11(12)14/h3-7H,8H2,1-2H3. The zero-order valence-electron chi connectivity index (χ0n) is 10.2. The highest BCUT2D eigenvalue weighted by Gasteiger charge is 2.11. The fourth-order valence-electron chi connectivity index (χ4n) is 1.64. The summed E-state index contributed by atoms with van der Waals surface area (Å²) >= 11 is 3.36. The quantitative estimate of drug-likeness (QED) is 0.875. The largest absolute Gasteiger partial charge is 0.483 e. The Kier molecular flexibility index (Phi) is 3.81. The van der Waals surface area contributed by atoms with Crippen LogP contribution >= 0.6 is 15.9 Å². The van der Waals surface area contributed by atoms with Crippen LogP contribution in [0.3, 0.4) is 0 Å². The molecule has 0 atom stereocenters. The van der Waals surface area contributed by atoms with E-state index in [2.05, 4.69) is 21.0 Å². The lowest BCUT2D eigenvalue weighted by molar-refractivity contribution is 0.0817. The lowest BCUT2D eigenvalue weighted by Gasteiger charge is -2.07. The number of aryl methyl sites for hydroxylation is 2. The number of carbonyl (C=O) groups is 1. The summed E-state index contributed by atoms with van der Waals surface area (Å²) in [5.74, 6) is 0.462. The average molecular weight is 309 g/mol. The van der Waals surface area contributed by atoms with Crippen LogP contribution in [0.2, 0.25) is 0 Å². The molecule has 0 spiro atoms. The highest BCUT2D eigenvalue weighted by molar-refractivity contribution is 9.10. The predicted molar refractivity (Wildman–Crippen MR) is 72.0 cm³/mol. The maximum atomic E-state index is 11.9. The zero-order valence-corrected chi connectivity index (χ0v) is 11.8. The van der Waals surface area contributed by atoms with Gasteiger partial charge in [0.15, 0.2) is 6.61 Å². The fourth-order valence-corrected chi connectivity index (χ4v) is 2.04. The van der Waals surface area contributed by atoms with E-state index in [1.807, 2.05) is 38.1 Å². The first kappa shape index (κ1) is 12.8. The van der Waals surface area contributed by atoms with Crippen molar-refractivity contribution in [2.75, 3.05) is 6.61 Å². The Morgan fingerprint density at radius 1 is 1.39 bits per heavy atom. The van der Waals surface area contributed by atoms with E-state index in [1.54, 1.807) is 6.07 Å². The number of aromatic nitrogens is 2. The fraction of sp³-hybridized carbons (Fsp3) is 0.231. The Morgan fingerprint density at radius 3 is 2.72 bits per heavy atom. The second-order valence-electron chi connectivity index (χ2n) is 3.95. The summed E-state index contributed by atoms with van der Waals surface area (Å²) in [6.07, 6.45) is 0. The molecule has 2 aromatic rings. The number of carbonyl (C=O) groups excluding carboxylic acids is 1. The van der Waals surface area contributed by atoms with Gasteiger partial charge in [-0.05, 0) is 48.0 Å². The molecule has 1 aromatic heterocycles. The molecule has 94 valence electrons. The first-order valence-electron chi connectivity index (χ1n) is 5.51. The maximum absolute atomic E-state index is 11.9. The highest BCUT2D eigenvalue weighted by atomic mass is 79.9. The molecule has 1 aromatic carbocycles. The number of halogens is 1. The molecule has 0 saturated heterocycles. The molecule has 0 aliphatic heterocycles. The minimum absolute atomic E-state index is 0.0371. The average Bonchev–Trinajstić information content (AvgIpc) is 2.67. The van der Waals surface area contributed by atoms with Gasteiger partial charge in [-0.2, -0.15) is 5.10 Å². The van der Waals surface area contributed by atoms with E-state index in [-0.39, 0.29) is 12.5 Å². The summed E-state index contributed by atoms with van der Waals surface area (Å²) in [4.78, 5) is 11.9. The van der Waals surface area contributed by atoms with E-state index in [0.29, 0.717) is 5.75 Å². The van der Waals surface area contributed by atoms with Gasteiger partial charge in [-0.25, -0.2) is 4.68 Å². The molecule has 1 heterocycles. The van der Waals surface area contributed by atoms with Gasteiger partial charge < -0.3 is 4.74 Å². The number of hydrogen-bond donors (Lipinski definition) is 0. The van der Waals surface area contributed by atoms with Crippen LogP contribution in [-0.4, -0.2) is 22.3 Å². The summed E-state index contributed by atoms with van der Waals surface area (Å²) < 4.78 is 7.65. The Hall–Kier alpha value is -1.62. The molecule has 0 unspecified atom stereocenters. The summed E-state index contributed by atoms with van der Waals surface area (Å²) in [5.41, 5.74) is 1.63. The van der Waals surface area contributed by atoms with Crippen molar-refractivity contribution in [2.24, 2.45) is 0 Å². The summed E-state index contributed by atoms with van der Waals surface area (Å²) in [6.45, 7) is 3.66. The van der Waals surface area contributed by atoms with Crippen molar-refractivity contribution in [3.8, 4) is 5.75 Å². The Labute approximate surface area is 114 Å². The second kappa shape index (κ2) is 5.35. The molecule has 0 radical (unpaired) electrons. The molecule has 0 aliphatic rings. The lowest BCUT2D eigenvalue weighted by Crippen LogP contribution is -2.21. The minimum atomic E-state index is -0.184. The SMILES string of the molecule is Cc1cc(C)n(C(=O)COc2ccccc2Br)n1. The van der Waals surface area contributed by atoms with Crippen molar-refractivity contribution in [1.29, 1.82) is 0 Å². The number of rotatable bonds is 3. The Morgan fingerprint density at radius 2 is 2.11 bits per heavy atom. The first-order chi connectivity index (χ1) is 8.58. The number of benzene rings is 1. The van der Waals surface area contributed by atoms with Crippen molar-refractivity contribution in [1.82, 2.24) is 9.78 Å². The van der Waals surface area contributed by atoms with Gasteiger partial charge in [0.25, 0.3) is 5.91 Å².